The van der Waals surface area contributed by atoms with E-state index in [1.165, 1.54) is 24.5 Å². The van der Waals surface area contributed by atoms with Crippen LogP contribution in [-0.2, 0) is 35.7 Å². The first-order valence-electron chi connectivity index (χ1n) is 16.5. The number of aromatic hydroxyl groups is 2. The van der Waals surface area contributed by atoms with E-state index in [0.29, 0.717) is 30.4 Å². The van der Waals surface area contributed by atoms with Crippen molar-refractivity contribution in [2.45, 2.75) is 74.9 Å². The first-order chi connectivity index (χ1) is 23.9. The highest BCUT2D eigenvalue weighted by molar-refractivity contribution is 7.13. The third kappa shape index (κ3) is 4.98. The number of nitrogens with zero attached hydrogens (tertiary/aromatic N) is 3. The van der Waals surface area contributed by atoms with Crippen LogP contribution in [0.1, 0.15) is 74.5 Å². The molecule has 5 aliphatic rings. The SMILES string of the molecule is COc1cccc2c1C(=O)c1c(O)c3c(c(O)c1C2=O)C[C@@](O)(c1csc(N(C)C)n1)C[C@@H]3O[C@H]1C[C@H]2[C@H](O[C@@H]3[C@@H](OC)OCCN32)[C@H](C)O1. The summed E-state index contributed by atoms with van der Waals surface area (Å²) in [6, 6.07) is 4.51. The average Bonchev–Trinajstić information content (AvgIpc) is 3.75. The highest BCUT2D eigenvalue weighted by atomic mass is 32.1. The summed E-state index contributed by atoms with van der Waals surface area (Å²) in [5, 5.41) is 38.7. The van der Waals surface area contributed by atoms with Crippen molar-refractivity contribution in [3.8, 4) is 17.2 Å². The number of ether oxygens (including phenoxy) is 6. The van der Waals surface area contributed by atoms with Gasteiger partial charge in [-0.2, -0.15) is 0 Å². The second kappa shape index (κ2) is 12.2. The number of methoxy groups -OCH3 is 2. The van der Waals surface area contributed by atoms with Crippen LogP contribution in [0.5, 0.6) is 17.2 Å². The minimum absolute atomic E-state index is 0.00300. The van der Waals surface area contributed by atoms with Crippen LogP contribution in [0.15, 0.2) is 23.6 Å². The van der Waals surface area contributed by atoms with Gasteiger partial charge in [-0.3, -0.25) is 14.5 Å². The summed E-state index contributed by atoms with van der Waals surface area (Å²) in [6.45, 7) is 2.98. The molecule has 0 amide bonds. The molecule has 3 aliphatic heterocycles. The van der Waals surface area contributed by atoms with Crippen LogP contribution in [0.3, 0.4) is 0 Å². The maximum Gasteiger partial charge on any atom is 0.202 e. The van der Waals surface area contributed by atoms with Gasteiger partial charge in [0.1, 0.15) is 29.0 Å². The number of ketones is 2. The van der Waals surface area contributed by atoms with Crippen molar-refractivity contribution < 1.29 is 53.3 Å². The van der Waals surface area contributed by atoms with E-state index in [2.05, 4.69) is 9.88 Å². The number of phenols is 2. The summed E-state index contributed by atoms with van der Waals surface area (Å²) in [5.74, 6) is -2.15. The predicted molar refractivity (Wildman–Crippen MR) is 177 cm³/mol. The molecular formula is C35H39N3O11S. The number of morpholine rings is 1. The van der Waals surface area contributed by atoms with Crippen LogP contribution >= 0.6 is 11.3 Å². The molecule has 266 valence electrons. The molecule has 50 heavy (non-hydrogen) atoms. The molecule has 3 aromatic rings. The number of carbonyl (C=O) groups excluding carboxylic acids is 2. The number of aromatic nitrogens is 1. The number of benzene rings is 2. The van der Waals surface area contributed by atoms with Gasteiger partial charge < -0.3 is 48.6 Å². The lowest BCUT2D eigenvalue weighted by molar-refractivity contribution is -0.256. The predicted octanol–water partition coefficient (Wildman–Crippen LogP) is 2.83. The van der Waals surface area contributed by atoms with E-state index in [0.717, 1.165) is 0 Å². The van der Waals surface area contributed by atoms with Gasteiger partial charge in [0.05, 0.1) is 48.3 Å². The smallest absolute Gasteiger partial charge is 0.202 e. The third-order valence-corrected chi connectivity index (χ3v) is 11.5. The fraction of sp³-hybridized carbons (Fsp3) is 0.514. The summed E-state index contributed by atoms with van der Waals surface area (Å²) in [4.78, 5) is 36.7. The Kier molecular flexibility index (Phi) is 8.19. The first-order valence-corrected chi connectivity index (χ1v) is 17.4. The van der Waals surface area contributed by atoms with Gasteiger partial charge in [0.15, 0.2) is 29.7 Å². The standard InChI is InChI=1S/C35H39N3O11S/c1-15-31-18(38-9-10-46-33(45-5)32(38)49-31)11-22(47-15)48-20-13-35(43,21-14-50-34(36-21)37(2)3)12-17-24(20)30(42)26-25(28(17)40)27(39)16-7-6-8-19(44-4)23(16)29(26)41/h6-8,14-15,18,20,22,31-33,40,42-43H,9-13H2,1-5H3/t15-,18-,20-,22-,31+,32+,33-,35-/m0/s1. The van der Waals surface area contributed by atoms with Gasteiger partial charge in [-0.25, -0.2) is 4.98 Å². The van der Waals surface area contributed by atoms with Gasteiger partial charge in [-0.05, 0) is 13.0 Å². The van der Waals surface area contributed by atoms with Crippen molar-refractivity contribution in [2.75, 3.05) is 46.4 Å². The lowest BCUT2D eigenvalue weighted by atomic mass is 9.72. The number of aliphatic hydroxyl groups is 1. The molecule has 8 atom stereocenters. The van der Waals surface area contributed by atoms with Gasteiger partial charge in [0.2, 0.25) is 5.78 Å². The Morgan fingerprint density at radius 3 is 2.58 bits per heavy atom. The normalized spacial score (nSPS) is 31.8. The topological polar surface area (TPSA) is 170 Å². The van der Waals surface area contributed by atoms with Crippen molar-refractivity contribution >= 4 is 28.0 Å². The highest BCUT2D eigenvalue weighted by Crippen LogP contribution is 2.55. The number of rotatable bonds is 6. The Labute approximate surface area is 292 Å². The summed E-state index contributed by atoms with van der Waals surface area (Å²) in [6.07, 6.45) is -3.48. The van der Waals surface area contributed by atoms with Crippen molar-refractivity contribution in [3.05, 3.63) is 62.7 Å². The summed E-state index contributed by atoms with van der Waals surface area (Å²) >= 11 is 1.34. The number of thiazole rings is 1. The maximum absolute atomic E-state index is 14.1. The third-order valence-electron chi connectivity index (χ3n) is 10.5. The maximum atomic E-state index is 14.1. The molecule has 15 heteroatoms. The van der Waals surface area contributed by atoms with Crippen LogP contribution < -0.4 is 9.64 Å². The molecule has 0 unspecified atom stereocenters. The number of hydrogen-bond acceptors (Lipinski definition) is 15. The molecule has 0 bridgehead atoms. The highest BCUT2D eigenvalue weighted by Gasteiger charge is 2.55. The Hall–Kier alpha value is -3.67. The van der Waals surface area contributed by atoms with Crippen molar-refractivity contribution in [1.29, 1.82) is 0 Å². The number of fused-ring (bicyclic) bond motifs is 6. The number of carbonyl (C=O) groups is 2. The zero-order valence-electron chi connectivity index (χ0n) is 28.2. The van der Waals surface area contributed by atoms with Crippen LogP contribution in [0.2, 0.25) is 0 Å². The van der Waals surface area contributed by atoms with Crippen LogP contribution in [0.25, 0.3) is 0 Å². The minimum Gasteiger partial charge on any atom is -0.507 e. The van der Waals surface area contributed by atoms with Gasteiger partial charge in [0, 0.05) is 75.1 Å². The van der Waals surface area contributed by atoms with Gasteiger partial charge in [-0.1, -0.05) is 12.1 Å². The molecule has 3 saturated heterocycles. The molecule has 14 nitrogen and oxygen atoms in total. The molecule has 8 rings (SSSR count). The number of anilines is 1. The average molecular weight is 710 g/mol. The van der Waals surface area contributed by atoms with E-state index in [9.17, 15) is 24.9 Å². The van der Waals surface area contributed by atoms with E-state index in [4.69, 9.17) is 28.4 Å². The van der Waals surface area contributed by atoms with Crippen molar-refractivity contribution in [2.24, 2.45) is 0 Å². The molecule has 4 heterocycles. The molecule has 0 radical (unpaired) electrons. The van der Waals surface area contributed by atoms with Gasteiger partial charge >= 0.3 is 0 Å². The van der Waals surface area contributed by atoms with E-state index >= 15 is 0 Å². The lowest BCUT2D eigenvalue weighted by Crippen LogP contribution is -2.55. The Morgan fingerprint density at radius 1 is 1.08 bits per heavy atom. The van der Waals surface area contributed by atoms with Crippen molar-refractivity contribution in [1.82, 2.24) is 9.88 Å². The number of hydrogen-bond donors (Lipinski definition) is 3. The van der Waals surface area contributed by atoms with Gasteiger partial charge in [0.25, 0.3) is 0 Å². The molecule has 3 fully saturated rings. The Morgan fingerprint density at radius 2 is 1.86 bits per heavy atom. The second-order valence-corrected chi connectivity index (χ2v) is 14.4. The fourth-order valence-corrected chi connectivity index (χ4v) is 9.06. The largest absolute Gasteiger partial charge is 0.507 e. The quantitative estimate of drug-likeness (QED) is 0.250. The van der Waals surface area contributed by atoms with E-state index < -0.39 is 59.7 Å². The van der Waals surface area contributed by atoms with Crippen LogP contribution in [-0.4, -0.2) is 115 Å². The molecular weight excluding hydrogens is 670 g/mol. The molecule has 3 N–H and O–H groups in total. The lowest BCUT2D eigenvalue weighted by Gasteiger charge is -2.43. The second-order valence-electron chi connectivity index (χ2n) is 13.6. The molecule has 0 spiro atoms. The molecule has 2 aliphatic carbocycles. The Bertz CT molecular complexity index is 1880. The fourth-order valence-electron chi connectivity index (χ4n) is 8.21. The van der Waals surface area contributed by atoms with E-state index in [1.807, 2.05) is 25.9 Å². The molecule has 1 aromatic heterocycles. The van der Waals surface area contributed by atoms with E-state index in [-0.39, 0.29) is 64.1 Å². The Balaban J connectivity index is 1.22. The van der Waals surface area contributed by atoms with Crippen molar-refractivity contribution in [3.63, 3.8) is 0 Å². The zero-order chi connectivity index (χ0) is 35.2. The zero-order valence-corrected chi connectivity index (χ0v) is 29.1. The van der Waals surface area contributed by atoms with E-state index in [1.54, 1.807) is 24.6 Å². The summed E-state index contributed by atoms with van der Waals surface area (Å²) in [7, 11) is 6.65. The van der Waals surface area contributed by atoms with Gasteiger partial charge in [-0.15, -0.1) is 11.3 Å². The summed E-state index contributed by atoms with van der Waals surface area (Å²) < 4.78 is 36.1. The molecule has 0 saturated carbocycles. The molecule has 2 aromatic carbocycles. The van der Waals surface area contributed by atoms with Crippen LogP contribution in [0.4, 0.5) is 5.13 Å². The summed E-state index contributed by atoms with van der Waals surface area (Å²) in [5.41, 5.74) is -1.76. The minimum atomic E-state index is -1.68. The first kappa shape index (κ1) is 33.5. The number of phenolic OH excluding ortho intramolecular Hbond substituents is 2. The monoisotopic (exact) mass is 709 g/mol. The van der Waals surface area contributed by atoms with Crippen LogP contribution in [0, 0.1) is 0 Å².